The van der Waals surface area contributed by atoms with E-state index in [9.17, 15) is 27.9 Å². The molecule has 1 aliphatic carbocycles. The molecule has 180 valence electrons. The minimum Gasteiger partial charge on any atom is -0.461 e. The smallest absolute Gasteiger partial charge is 0.392 e. The summed E-state index contributed by atoms with van der Waals surface area (Å²) in [5, 5.41) is 10.4. The summed E-state index contributed by atoms with van der Waals surface area (Å²) >= 11 is 0. The number of alkyl halides is 3. The fraction of sp³-hybridized carbons (Fsp3) is 0.583. The molecule has 1 rings (SSSR count). The standard InChI is InChI=1S/C24H33F3O5/c1-17(2)32-22(30)16-31-14-8-6-9-18-11-12-20(28)19(18)15-23(3,4)21(29)10-5-7-13-24(25,26)27/h5-8,11-12,15,17-18,21,29H,9-10,13-14,16H2,1-4H3/b7-5-,8-6-,19-15+. The highest BCUT2D eigenvalue weighted by atomic mass is 19.4. The minimum atomic E-state index is -4.27. The van der Waals surface area contributed by atoms with Crippen molar-refractivity contribution in [1.29, 1.82) is 0 Å². The molecule has 0 saturated heterocycles. The molecule has 2 atom stereocenters. The van der Waals surface area contributed by atoms with Gasteiger partial charge in [0.1, 0.15) is 6.61 Å². The zero-order valence-electron chi connectivity index (χ0n) is 19.0. The molecule has 0 fully saturated rings. The number of halogens is 3. The molecule has 0 bridgehead atoms. The van der Waals surface area contributed by atoms with Crippen molar-refractivity contribution in [2.75, 3.05) is 13.2 Å². The van der Waals surface area contributed by atoms with E-state index in [1.807, 2.05) is 6.08 Å². The third-order valence-corrected chi connectivity index (χ3v) is 4.78. The van der Waals surface area contributed by atoms with Crippen molar-refractivity contribution < 1.29 is 37.3 Å². The van der Waals surface area contributed by atoms with Gasteiger partial charge in [-0.15, -0.1) is 0 Å². The Morgan fingerprint density at radius 2 is 1.88 bits per heavy atom. The first kappa shape index (κ1) is 27.8. The number of ketones is 1. The van der Waals surface area contributed by atoms with E-state index in [1.54, 1.807) is 45.9 Å². The molecule has 0 heterocycles. The van der Waals surface area contributed by atoms with Crippen LogP contribution in [0.25, 0.3) is 0 Å². The largest absolute Gasteiger partial charge is 0.461 e. The quantitative estimate of drug-likeness (QED) is 0.196. The third kappa shape index (κ3) is 10.9. The van der Waals surface area contributed by atoms with Gasteiger partial charge in [0.15, 0.2) is 5.78 Å². The van der Waals surface area contributed by atoms with Gasteiger partial charge in [0.25, 0.3) is 0 Å². The van der Waals surface area contributed by atoms with E-state index < -0.39 is 30.1 Å². The number of aliphatic hydroxyl groups excluding tert-OH is 1. The number of hydrogen-bond acceptors (Lipinski definition) is 5. The molecule has 0 saturated carbocycles. The highest BCUT2D eigenvalue weighted by molar-refractivity contribution is 6.07. The highest BCUT2D eigenvalue weighted by Crippen LogP contribution is 2.33. The molecule has 0 amide bonds. The van der Waals surface area contributed by atoms with Crippen LogP contribution in [0.4, 0.5) is 13.2 Å². The molecule has 0 aliphatic heterocycles. The number of esters is 1. The van der Waals surface area contributed by atoms with E-state index in [-0.39, 0.29) is 37.4 Å². The van der Waals surface area contributed by atoms with Gasteiger partial charge < -0.3 is 14.6 Å². The summed E-state index contributed by atoms with van der Waals surface area (Å²) in [7, 11) is 0. The zero-order chi connectivity index (χ0) is 24.4. The first-order chi connectivity index (χ1) is 14.8. The fourth-order valence-electron chi connectivity index (χ4n) is 3.03. The van der Waals surface area contributed by atoms with Gasteiger partial charge >= 0.3 is 12.1 Å². The maximum Gasteiger partial charge on any atom is 0.392 e. The normalized spacial score (nSPS) is 19.7. The third-order valence-electron chi connectivity index (χ3n) is 4.78. The van der Waals surface area contributed by atoms with Crippen molar-refractivity contribution in [2.45, 2.75) is 65.3 Å². The first-order valence-electron chi connectivity index (χ1n) is 10.6. The first-order valence-corrected chi connectivity index (χ1v) is 10.6. The lowest BCUT2D eigenvalue weighted by atomic mass is 9.80. The van der Waals surface area contributed by atoms with Crippen molar-refractivity contribution in [3.05, 3.63) is 48.1 Å². The predicted molar refractivity (Wildman–Crippen MR) is 116 cm³/mol. The molecular weight excluding hydrogens is 425 g/mol. The SMILES string of the molecule is CC(C)OC(=O)COC/C=C\CC1C=CC(=O)/C1=C/C(C)(C)C(O)C/C=C\CC(F)(F)F. The summed E-state index contributed by atoms with van der Waals surface area (Å²) < 4.78 is 46.8. The molecule has 0 radical (unpaired) electrons. The number of carbonyl (C=O) groups excluding carboxylic acids is 2. The van der Waals surface area contributed by atoms with Crippen LogP contribution in [0, 0.1) is 11.3 Å². The van der Waals surface area contributed by atoms with Crippen LogP contribution in [0.5, 0.6) is 0 Å². The fourth-order valence-corrected chi connectivity index (χ4v) is 3.03. The number of carbonyl (C=O) groups is 2. The Labute approximate surface area is 187 Å². The van der Waals surface area contributed by atoms with E-state index in [2.05, 4.69) is 0 Å². The average molecular weight is 459 g/mol. The van der Waals surface area contributed by atoms with Crippen LogP contribution in [-0.2, 0) is 19.1 Å². The van der Waals surface area contributed by atoms with Crippen LogP contribution in [-0.4, -0.2) is 48.5 Å². The van der Waals surface area contributed by atoms with Crippen LogP contribution >= 0.6 is 0 Å². The predicted octanol–water partition coefficient (Wildman–Crippen LogP) is 4.87. The van der Waals surface area contributed by atoms with Gasteiger partial charge in [-0.25, -0.2) is 4.79 Å². The van der Waals surface area contributed by atoms with Crippen LogP contribution in [0.1, 0.15) is 47.0 Å². The second kappa shape index (κ2) is 12.7. The molecule has 0 aromatic carbocycles. The summed E-state index contributed by atoms with van der Waals surface area (Å²) in [5.41, 5.74) is -0.263. The second-order valence-corrected chi connectivity index (χ2v) is 8.55. The van der Waals surface area contributed by atoms with Crippen molar-refractivity contribution in [2.24, 2.45) is 11.3 Å². The van der Waals surface area contributed by atoms with Crippen LogP contribution < -0.4 is 0 Å². The van der Waals surface area contributed by atoms with E-state index >= 15 is 0 Å². The lowest BCUT2D eigenvalue weighted by molar-refractivity contribution is -0.152. The van der Waals surface area contributed by atoms with Gasteiger partial charge in [-0.05, 0) is 32.8 Å². The van der Waals surface area contributed by atoms with E-state index in [0.29, 0.717) is 12.0 Å². The topological polar surface area (TPSA) is 72.8 Å². The van der Waals surface area contributed by atoms with Gasteiger partial charge in [0.2, 0.25) is 0 Å². The molecule has 1 N–H and O–H groups in total. The monoisotopic (exact) mass is 458 g/mol. The second-order valence-electron chi connectivity index (χ2n) is 8.55. The van der Waals surface area contributed by atoms with Crippen molar-refractivity contribution >= 4 is 11.8 Å². The van der Waals surface area contributed by atoms with Crippen molar-refractivity contribution in [1.82, 2.24) is 0 Å². The summed E-state index contributed by atoms with van der Waals surface area (Å²) in [6, 6.07) is 0. The molecule has 0 aromatic heterocycles. The number of hydrogen-bond donors (Lipinski definition) is 1. The minimum absolute atomic E-state index is 0.0512. The lowest BCUT2D eigenvalue weighted by Crippen LogP contribution is -2.28. The van der Waals surface area contributed by atoms with Gasteiger partial charge in [-0.1, -0.05) is 50.3 Å². The van der Waals surface area contributed by atoms with Gasteiger partial charge in [0, 0.05) is 16.9 Å². The molecule has 2 unspecified atom stereocenters. The number of rotatable bonds is 12. The Morgan fingerprint density at radius 1 is 1.19 bits per heavy atom. The summed E-state index contributed by atoms with van der Waals surface area (Å²) in [5.74, 6) is -0.752. The van der Waals surface area contributed by atoms with Gasteiger partial charge in [0.05, 0.1) is 25.2 Å². The Kier molecular flexibility index (Phi) is 11.1. The highest BCUT2D eigenvalue weighted by Gasteiger charge is 2.30. The van der Waals surface area contributed by atoms with Gasteiger partial charge in [-0.2, -0.15) is 13.2 Å². The van der Waals surface area contributed by atoms with E-state index in [0.717, 1.165) is 6.08 Å². The summed E-state index contributed by atoms with van der Waals surface area (Å²) in [6.07, 6.45) is 5.00. The van der Waals surface area contributed by atoms with Crippen LogP contribution in [0.15, 0.2) is 48.1 Å². The Morgan fingerprint density at radius 3 is 2.50 bits per heavy atom. The number of aliphatic hydroxyl groups is 1. The van der Waals surface area contributed by atoms with Crippen molar-refractivity contribution in [3.63, 3.8) is 0 Å². The Balaban J connectivity index is 2.59. The summed E-state index contributed by atoms with van der Waals surface area (Å²) in [6.45, 7) is 7.08. The molecule has 8 heteroatoms. The zero-order valence-corrected chi connectivity index (χ0v) is 19.0. The Bertz CT molecular complexity index is 745. The van der Waals surface area contributed by atoms with Crippen molar-refractivity contribution in [3.8, 4) is 0 Å². The van der Waals surface area contributed by atoms with E-state index in [1.165, 1.54) is 12.2 Å². The lowest BCUT2D eigenvalue weighted by Gasteiger charge is -2.28. The van der Waals surface area contributed by atoms with Crippen LogP contribution in [0.2, 0.25) is 0 Å². The molecule has 0 aromatic rings. The molecule has 5 nitrogen and oxygen atoms in total. The maximum atomic E-state index is 12.3. The van der Waals surface area contributed by atoms with E-state index in [4.69, 9.17) is 9.47 Å². The molecule has 1 aliphatic rings. The average Bonchev–Trinajstić information content (AvgIpc) is 2.99. The van der Waals surface area contributed by atoms with Gasteiger partial charge in [-0.3, -0.25) is 4.79 Å². The molecule has 32 heavy (non-hydrogen) atoms. The van der Waals surface area contributed by atoms with Crippen LogP contribution in [0.3, 0.4) is 0 Å². The maximum absolute atomic E-state index is 12.3. The number of allylic oxidation sites excluding steroid dienone is 5. The number of ether oxygens (including phenoxy) is 2. The molecule has 0 spiro atoms. The molecular formula is C24H33F3O5. The Hall–Kier alpha value is -2.19. The summed E-state index contributed by atoms with van der Waals surface area (Å²) in [4.78, 5) is 23.7.